The normalized spacial score (nSPS) is 11.3. The standard InChI is InChI=1S/C21H14N4O2S2/c22-13-14-6-4-9-16(12-14)20(26)23-21(27)28-24-29-25-18-11-5-10-17(19(18)25)15-7-2-1-3-8-15/h1-12,24H,(H,23,26,27). The van der Waals surface area contributed by atoms with Gasteiger partial charge in [-0.2, -0.15) is 9.39 Å². The molecule has 0 saturated carbocycles. The molecule has 29 heavy (non-hydrogen) atoms. The maximum absolute atomic E-state index is 12.1. The van der Waals surface area contributed by atoms with Gasteiger partial charge in [-0.3, -0.25) is 19.2 Å². The molecule has 0 fully saturated rings. The van der Waals surface area contributed by atoms with Crippen molar-refractivity contribution in [2.24, 2.45) is 0 Å². The van der Waals surface area contributed by atoms with Crippen LogP contribution >= 0.6 is 24.1 Å². The first-order valence-electron chi connectivity index (χ1n) is 8.60. The highest BCUT2D eigenvalue weighted by atomic mass is 32.2. The Hall–Kier alpha value is -3.25. The molecule has 1 aliphatic rings. The molecule has 0 aromatic heterocycles. The molecule has 3 aromatic rings. The number of amides is 2. The van der Waals surface area contributed by atoms with Crippen molar-refractivity contribution < 1.29 is 9.59 Å². The Labute approximate surface area is 176 Å². The van der Waals surface area contributed by atoms with E-state index in [1.165, 1.54) is 18.2 Å². The average Bonchev–Trinajstić information content (AvgIpc) is 3.47. The highest BCUT2D eigenvalue weighted by molar-refractivity contribution is 8.21. The van der Waals surface area contributed by atoms with Crippen molar-refractivity contribution in [2.75, 3.05) is 4.31 Å². The molecule has 0 radical (unpaired) electrons. The molecular weight excluding hydrogens is 404 g/mol. The van der Waals surface area contributed by atoms with E-state index in [9.17, 15) is 9.59 Å². The van der Waals surface area contributed by atoms with Gasteiger partial charge >= 0.3 is 5.24 Å². The fraction of sp³-hybridized carbons (Fsp3) is 0. The predicted molar refractivity (Wildman–Crippen MR) is 116 cm³/mol. The van der Waals surface area contributed by atoms with E-state index in [1.54, 1.807) is 18.2 Å². The van der Waals surface area contributed by atoms with Crippen molar-refractivity contribution in [3.8, 4) is 17.2 Å². The van der Waals surface area contributed by atoms with Crippen molar-refractivity contribution in [3.05, 3.63) is 83.9 Å². The largest absolute Gasteiger partial charge is 0.301 e. The van der Waals surface area contributed by atoms with Gasteiger partial charge in [0.15, 0.2) is 0 Å². The van der Waals surface area contributed by atoms with E-state index < -0.39 is 11.1 Å². The number of benzene rings is 3. The third-order valence-electron chi connectivity index (χ3n) is 4.20. The molecule has 4 rings (SSSR count). The maximum atomic E-state index is 12.1. The van der Waals surface area contributed by atoms with Crippen LogP contribution in [0.3, 0.4) is 0 Å². The van der Waals surface area contributed by atoms with Crippen molar-refractivity contribution in [2.45, 2.75) is 0 Å². The molecule has 8 heteroatoms. The number of hydrogen-bond acceptors (Lipinski definition) is 7. The second kappa shape index (κ2) is 8.41. The third kappa shape index (κ3) is 4.27. The SMILES string of the molecule is N#Cc1cccc(C(=O)NC(=O)SNSN2c3cccc(-c4ccccc4)c32)c1. The fourth-order valence-corrected chi connectivity index (χ4v) is 4.21. The Morgan fingerprint density at radius 1 is 0.966 bits per heavy atom. The van der Waals surface area contributed by atoms with Crippen LogP contribution in [0.1, 0.15) is 15.9 Å². The van der Waals surface area contributed by atoms with E-state index in [-0.39, 0.29) is 5.56 Å². The number of rotatable bonds is 5. The van der Waals surface area contributed by atoms with E-state index in [0.29, 0.717) is 5.56 Å². The molecule has 1 aliphatic heterocycles. The van der Waals surface area contributed by atoms with Gasteiger partial charge in [0, 0.05) is 23.1 Å². The van der Waals surface area contributed by atoms with Gasteiger partial charge < -0.3 is 0 Å². The molecule has 0 unspecified atom stereocenters. The van der Waals surface area contributed by atoms with Crippen molar-refractivity contribution in [1.29, 1.82) is 5.26 Å². The van der Waals surface area contributed by atoms with Gasteiger partial charge in [0.05, 0.1) is 35.1 Å². The Morgan fingerprint density at radius 3 is 2.55 bits per heavy atom. The maximum Gasteiger partial charge on any atom is 0.301 e. The molecule has 0 spiro atoms. The minimum atomic E-state index is -0.548. The molecular formula is C21H14N4O2S2. The molecule has 2 amide bonds. The summed E-state index contributed by atoms with van der Waals surface area (Å²) < 4.78 is 4.88. The summed E-state index contributed by atoms with van der Waals surface area (Å²) in [5, 5.41) is 10.6. The topological polar surface area (TPSA) is 85.0 Å². The van der Waals surface area contributed by atoms with Gasteiger partial charge in [0.25, 0.3) is 5.91 Å². The van der Waals surface area contributed by atoms with Gasteiger partial charge in [0.1, 0.15) is 0 Å². The average molecular weight is 419 g/mol. The van der Waals surface area contributed by atoms with Crippen LogP contribution in [-0.2, 0) is 0 Å². The first kappa shape index (κ1) is 19.1. The second-order valence-electron chi connectivity index (χ2n) is 6.04. The Bertz CT molecular complexity index is 1130. The van der Waals surface area contributed by atoms with Crippen LogP contribution in [0.25, 0.3) is 11.1 Å². The summed E-state index contributed by atoms with van der Waals surface area (Å²) in [7, 11) is 0. The van der Waals surface area contributed by atoms with Gasteiger partial charge in [0.2, 0.25) is 0 Å². The van der Waals surface area contributed by atoms with E-state index in [4.69, 9.17) is 5.26 Å². The molecule has 0 saturated heterocycles. The van der Waals surface area contributed by atoms with E-state index in [2.05, 4.69) is 27.6 Å². The Balaban J connectivity index is 1.30. The molecule has 3 aromatic carbocycles. The number of carbonyl (C=O) groups is 2. The van der Waals surface area contributed by atoms with Gasteiger partial charge in [-0.25, -0.2) is 0 Å². The second-order valence-corrected chi connectivity index (χ2v) is 7.83. The minimum Gasteiger partial charge on any atom is -0.282 e. The quantitative estimate of drug-likeness (QED) is 0.444. The Morgan fingerprint density at radius 2 is 1.76 bits per heavy atom. The Kier molecular flexibility index (Phi) is 5.53. The summed E-state index contributed by atoms with van der Waals surface area (Å²) in [6.07, 6.45) is 0. The summed E-state index contributed by atoms with van der Waals surface area (Å²) in [5.74, 6) is -0.548. The monoisotopic (exact) mass is 418 g/mol. The van der Waals surface area contributed by atoms with Crippen molar-refractivity contribution in [3.63, 3.8) is 0 Å². The third-order valence-corrected chi connectivity index (χ3v) is 5.68. The number of anilines is 2. The van der Waals surface area contributed by atoms with Crippen LogP contribution in [-0.4, -0.2) is 11.1 Å². The van der Waals surface area contributed by atoms with Crippen LogP contribution in [0.2, 0.25) is 0 Å². The zero-order valence-electron chi connectivity index (χ0n) is 15.0. The zero-order chi connectivity index (χ0) is 20.2. The zero-order valence-corrected chi connectivity index (χ0v) is 16.6. The number of nitriles is 1. The number of carbonyl (C=O) groups excluding carboxylic acids is 2. The van der Waals surface area contributed by atoms with Crippen LogP contribution in [0.4, 0.5) is 16.2 Å². The van der Waals surface area contributed by atoms with E-state index in [0.717, 1.165) is 34.4 Å². The molecule has 0 atom stereocenters. The number of imide groups is 1. The van der Waals surface area contributed by atoms with Crippen LogP contribution in [0, 0.1) is 11.3 Å². The minimum absolute atomic E-state index is 0.261. The summed E-state index contributed by atoms with van der Waals surface area (Å²) in [5.41, 5.74) is 5.05. The highest BCUT2D eigenvalue weighted by Crippen LogP contribution is 2.57. The van der Waals surface area contributed by atoms with Crippen LogP contribution in [0.5, 0.6) is 0 Å². The summed E-state index contributed by atoms with van der Waals surface area (Å²) in [6.45, 7) is 0. The lowest BCUT2D eigenvalue weighted by atomic mass is 10.1. The van der Waals surface area contributed by atoms with E-state index in [1.807, 2.05) is 40.7 Å². The van der Waals surface area contributed by atoms with Gasteiger partial charge in [-0.1, -0.05) is 48.5 Å². The molecule has 1 heterocycles. The van der Waals surface area contributed by atoms with Crippen molar-refractivity contribution in [1.82, 2.24) is 9.44 Å². The first-order chi connectivity index (χ1) is 14.2. The number of fused-ring (bicyclic) bond motifs is 1. The molecule has 142 valence electrons. The van der Waals surface area contributed by atoms with Crippen LogP contribution in [0.15, 0.2) is 72.8 Å². The lowest BCUT2D eigenvalue weighted by Gasteiger charge is -2.06. The smallest absolute Gasteiger partial charge is 0.282 e. The molecule has 0 bridgehead atoms. The first-order valence-corrected chi connectivity index (χ1v) is 10.2. The van der Waals surface area contributed by atoms with Crippen LogP contribution < -0.4 is 13.7 Å². The molecule has 2 N–H and O–H groups in total. The summed E-state index contributed by atoms with van der Waals surface area (Å²) in [6, 6.07) is 24.3. The number of nitrogens with one attached hydrogen (secondary N) is 2. The fourth-order valence-electron chi connectivity index (χ4n) is 2.83. The number of hydrogen-bond donors (Lipinski definition) is 2. The molecule has 6 nitrogen and oxygen atoms in total. The lowest BCUT2D eigenvalue weighted by molar-refractivity contribution is 0.0969. The lowest BCUT2D eigenvalue weighted by Crippen LogP contribution is -2.28. The summed E-state index contributed by atoms with van der Waals surface area (Å²) >= 11 is 2.05. The number of nitrogens with zero attached hydrogens (tertiary/aromatic N) is 2. The predicted octanol–water partition coefficient (Wildman–Crippen LogP) is 5.03. The molecule has 0 aliphatic carbocycles. The van der Waals surface area contributed by atoms with Gasteiger partial charge in [-0.05, 0) is 29.8 Å². The highest BCUT2D eigenvalue weighted by Gasteiger charge is 2.33. The van der Waals surface area contributed by atoms with E-state index >= 15 is 0 Å². The number of para-hydroxylation sites is 1. The van der Waals surface area contributed by atoms with Gasteiger partial charge in [-0.15, -0.1) is 0 Å². The van der Waals surface area contributed by atoms with Crippen molar-refractivity contribution >= 4 is 46.6 Å². The summed E-state index contributed by atoms with van der Waals surface area (Å²) in [4.78, 5) is 24.1.